The predicted molar refractivity (Wildman–Crippen MR) is 79.8 cm³/mol. The molecule has 1 atom stereocenters. The van der Waals surface area contributed by atoms with Crippen molar-refractivity contribution in [2.45, 2.75) is 26.3 Å². The Kier molecular flexibility index (Phi) is 4.29. The summed E-state index contributed by atoms with van der Waals surface area (Å²) < 4.78 is 0. The second-order valence-electron chi connectivity index (χ2n) is 5.24. The van der Waals surface area contributed by atoms with Crippen molar-refractivity contribution in [2.24, 2.45) is 5.92 Å². The van der Waals surface area contributed by atoms with Gasteiger partial charge in [-0.3, -0.25) is 15.1 Å². The molecule has 0 saturated carbocycles. The molecule has 20 heavy (non-hydrogen) atoms. The molecule has 0 spiro atoms. The highest BCUT2D eigenvalue weighted by atomic mass is 16.6. The van der Waals surface area contributed by atoms with Gasteiger partial charge in [-0.25, -0.2) is 0 Å². The maximum atomic E-state index is 11.4. The van der Waals surface area contributed by atoms with Crippen LogP contribution in [0.25, 0.3) is 10.9 Å². The lowest BCUT2D eigenvalue weighted by Crippen LogP contribution is -2.32. The Morgan fingerprint density at radius 3 is 2.70 bits per heavy atom. The van der Waals surface area contributed by atoms with E-state index in [1.54, 1.807) is 18.3 Å². The molecular formula is C15H19N3O2. The van der Waals surface area contributed by atoms with E-state index in [2.05, 4.69) is 24.1 Å². The maximum Gasteiger partial charge on any atom is 0.281 e. The number of rotatable bonds is 5. The van der Waals surface area contributed by atoms with Gasteiger partial charge in [-0.1, -0.05) is 13.8 Å². The lowest BCUT2D eigenvalue weighted by atomic mass is 9.94. The monoisotopic (exact) mass is 273 g/mol. The van der Waals surface area contributed by atoms with Gasteiger partial charge in [-0.15, -0.1) is 0 Å². The minimum atomic E-state index is -0.299. The highest BCUT2D eigenvalue weighted by Crippen LogP contribution is 2.29. The number of benzene rings is 1. The van der Waals surface area contributed by atoms with Gasteiger partial charge in [0.25, 0.3) is 5.69 Å². The normalized spacial score (nSPS) is 12.8. The first kappa shape index (κ1) is 14.4. The van der Waals surface area contributed by atoms with E-state index in [1.807, 2.05) is 19.2 Å². The molecule has 0 radical (unpaired) electrons. The Balaban J connectivity index is 2.53. The summed E-state index contributed by atoms with van der Waals surface area (Å²) in [5, 5.41) is 15.3. The van der Waals surface area contributed by atoms with Crippen LogP contribution in [0, 0.1) is 16.0 Å². The standard InChI is InChI=1S/C15H19N3O2/c1-10(2)14(16-3)9-11-6-7-13-12(5-4-8-17-13)15(11)18(19)20/h4-8,10,14,16H,9H2,1-3H3. The van der Waals surface area contributed by atoms with Crippen LogP contribution >= 0.6 is 0 Å². The molecule has 106 valence electrons. The minimum absolute atomic E-state index is 0.177. The van der Waals surface area contributed by atoms with Gasteiger partial charge in [0.05, 0.1) is 15.8 Å². The van der Waals surface area contributed by atoms with E-state index in [9.17, 15) is 10.1 Å². The number of hydrogen-bond acceptors (Lipinski definition) is 4. The van der Waals surface area contributed by atoms with E-state index >= 15 is 0 Å². The summed E-state index contributed by atoms with van der Waals surface area (Å²) in [5.74, 6) is 0.407. The molecule has 1 N–H and O–H groups in total. The molecule has 0 aliphatic heterocycles. The fourth-order valence-corrected chi connectivity index (χ4v) is 2.47. The molecule has 5 heteroatoms. The van der Waals surface area contributed by atoms with Crippen LogP contribution in [0.1, 0.15) is 19.4 Å². The Morgan fingerprint density at radius 2 is 2.10 bits per heavy atom. The van der Waals surface area contributed by atoms with Crippen LogP contribution in [-0.4, -0.2) is 23.0 Å². The van der Waals surface area contributed by atoms with Gasteiger partial charge >= 0.3 is 0 Å². The fraction of sp³-hybridized carbons (Fsp3) is 0.400. The van der Waals surface area contributed by atoms with Crippen molar-refractivity contribution < 1.29 is 4.92 Å². The molecule has 2 aromatic rings. The number of hydrogen-bond donors (Lipinski definition) is 1. The Hall–Kier alpha value is -2.01. The quantitative estimate of drug-likeness (QED) is 0.671. The van der Waals surface area contributed by atoms with Gasteiger partial charge in [0.2, 0.25) is 0 Å². The third-order valence-corrected chi connectivity index (χ3v) is 3.64. The van der Waals surface area contributed by atoms with Gasteiger partial charge in [-0.2, -0.15) is 0 Å². The van der Waals surface area contributed by atoms with Gasteiger partial charge in [0, 0.05) is 17.8 Å². The number of aromatic nitrogens is 1. The molecule has 2 rings (SSSR count). The van der Waals surface area contributed by atoms with Crippen molar-refractivity contribution in [1.82, 2.24) is 10.3 Å². The second kappa shape index (κ2) is 5.96. The molecule has 0 fully saturated rings. The van der Waals surface area contributed by atoms with Crippen LogP contribution in [-0.2, 0) is 6.42 Å². The van der Waals surface area contributed by atoms with Crippen molar-refractivity contribution in [3.05, 3.63) is 46.1 Å². The molecule has 0 aliphatic carbocycles. The van der Waals surface area contributed by atoms with Crippen LogP contribution in [0.3, 0.4) is 0 Å². The smallest absolute Gasteiger partial charge is 0.281 e. The van der Waals surface area contributed by atoms with Crippen LogP contribution in [0.2, 0.25) is 0 Å². The highest BCUT2D eigenvalue weighted by molar-refractivity contribution is 5.89. The zero-order chi connectivity index (χ0) is 14.7. The maximum absolute atomic E-state index is 11.4. The molecule has 0 saturated heterocycles. The van der Waals surface area contributed by atoms with Crippen molar-refractivity contribution in [1.29, 1.82) is 0 Å². The van der Waals surface area contributed by atoms with E-state index in [0.717, 1.165) is 5.56 Å². The number of nitro benzene ring substituents is 1. The van der Waals surface area contributed by atoms with Crippen LogP contribution in [0.15, 0.2) is 30.5 Å². The van der Waals surface area contributed by atoms with E-state index in [4.69, 9.17) is 0 Å². The van der Waals surface area contributed by atoms with E-state index < -0.39 is 0 Å². The van der Waals surface area contributed by atoms with E-state index in [0.29, 0.717) is 23.2 Å². The van der Waals surface area contributed by atoms with E-state index in [1.165, 1.54) is 0 Å². The summed E-state index contributed by atoms with van der Waals surface area (Å²) in [6, 6.07) is 7.37. The molecule has 0 aliphatic rings. The van der Waals surface area contributed by atoms with Crippen molar-refractivity contribution in [2.75, 3.05) is 7.05 Å². The molecular weight excluding hydrogens is 254 g/mol. The summed E-state index contributed by atoms with van der Waals surface area (Å²) in [6.45, 7) is 4.21. The van der Waals surface area contributed by atoms with Crippen LogP contribution in [0.4, 0.5) is 5.69 Å². The lowest BCUT2D eigenvalue weighted by Gasteiger charge is -2.20. The molecule has 1 aromatic heterocycles. The Morgan fingerprint density at radius 1 is 1.35 bits per heavy atom. The van der Waals surface area contributed by atoms with Gasteiger partial charge in [-0.05, 0) is 43.7 Å². The summed E-state index contributed by atoms with van der Waals surface area (Å²) >= 11 is 0. The predicted octanol–water partition coefficient (Wildman–Crippen LogP) is 2.93. The zero-order valence-electron chi connectivity index (χ0n) is 12.0. The third kappa shape index (κ3) is 2.77. The third-order valence-electron chi connectivity index (χ3n) is 3.64. The van der Waals surface area contributed by atoms with Gasteiger partial charge in [0.1, 0.15) is 0 Å². The van der Waals surface area contributed by atoms with Gasteiger partial charge in [0.15, 0.2) is 0 Å². The summed E-state index contributed by atoms with van der Waals surface area (Å²) in [4.78, 5) is 15.3. The number of nitrogens with zero attached hydrogens (tertiary/aromatic N) is 2. The molecule has 0 amide bonds. The molecule has 0 bridgehead atoms. The van der Waals surface area contributed by atoms with Crippen molar-refractivity contribution in [3.63, 3.8) is 0 Å². The zero-order valence-corrected chi connectivity index (χ0v) is 12.0. The number of nitrogens with one attached hydrogen (secondary N) is 1. The Bertz CT molecular complexity index is 626. The summed E-state index contributed by atoms with van der Waals surface area (Å²) in [7, 11) is 1.89. The number of fused-ring (bicyclic) bond motifs is 1. The highest BCUT2D eigenvalue weighted by Gasteiger charge is 2.22. The summed E-state index contributed by atoms with van der Waals surface area (Å²) in [5.41, 5.74) is 1.59. The van der Waals surface area contributed by atoms with E-state index in [-0.39, 0.29) is 16.7 Å². The first-order valence-corrected chi connectivity index (χ1v) is 6.73. The Labute approximate surface area is 118 Å². The molecule has 5 nitrogen and oxygen atoms in total. The first-order valence-electron chi connectivity index (χ1n) is 6.73. The van der Waals surface area contributed by atoms with Crippen LogP contribution < -0.4 is 5.32 Å². The molecule has 1 aromatic carbocycles. The van der Waals surface area contributed by atoms with Crippen LogP contribution in [0.5, 0.6) is 0 Å². The fourth-order valence-electron chi connectivity index (χ4n) is 2.47. The number of pyridine rings is 1. The minimum Gasteiger partial charge on any atom is -0.316 e. The summed E-state index contributed by atoms with van der Waals surface area (Å²) in [6.07, 6.45) is 2.28. The average Bonchev–Trinajstić information content (AvgIpc) is 2.43. The molecule has 1 heterocycles. The SMILES string of the molecule is CNC(Cc1ccc2ncccc2c1[N+](=O)[O-])C(C)C. The topological polar surface area (TPSA) is 68.1 Å². The second-order valence-corrected chi connectivity index (χ2v) is 5.24. The first-order chi connectivity index (χ1) is 9.54. The lowest BCUT2D eigenvalue weighted by molar-refractivity contribution is -0.383. The number of nitro groups is 1. The van der Waals surface area contributed by atoms with Crippen molar-refractivity contribution >= 4 is 16.6 Å². The molecule has 1 unspecified atom stereocenters. The van der Waals surface area contributed by atoms with Gasteiger partial charge < -0.3 is 5.32 Å². The number of likely N-dealkylation sites (N-methyl/N-ethyl adjacent to an activating group) is 1. The average molecular weight is 273 g/mol. The largest absolute Gasteiger partial charge is 0.316 e. The van der Waals surface area contributed by atoms with Crippen molar-refractivity contribution in [3.8, 4) is 0 Å².